The summed E-state index contributed by atoms with van der Waals surface area (Å²) < 4.78 is 2.83. The molecule has 0 saturated carbocycles. The van der Waals surface area contributed by atoms with Gasteiger partial charge in [-0.1, -0.05) is 0 Å². The average Bonchev–Trinajstić information content (AvgIpc) is 2.63. The highest BCUT2D eigenvalue weighted by molar-refractivity contribution is 9.10. The van der Waals surface area contributed by atoms with Crippen LogP contribution in [0.2, 0.25) is 0 Å². The normalized spacial score (nSPS) is 12.7. The fraction of sp³-hybridized carbons (Fsp3) is 0.200. The predicted molar refractivity (Wildman–Crippen MR) is 61.2 cm³/mol. The molecule has 2 heterocycles. The van der Waals surface area contributed by atoms with E-state index >= 15 is 0 Å². The van der Waals surface area contributed by atoms with Crippen LogP contribution in [-0.4, -0.2) is 14.5 Å². The second-order valence-electron chi connectivity index (χ2n) is 3.31. The van der Waals surface area contributed by atoms with E-state index < -0.39 is 0 Å². The molecule has 0 aliphatic carbocycles. The monoisotopic (exact) mass is 266 g/mol. The van der Waals surface area contributed by atoms with E-state index in [1.807, 2.05) is 23.9 Å². The van der Waals surface area contributed by atoms with E-state index in [0.717, 1.165) is 15.9 Å². The largest absolute Gasteiger partial charge is 0.336 e. The van der Waals surface area contributed by atoms with E-state index in [2.05, 4.69) is 25.9 Å². The van der Waals surface area contributed by atoms with Gasteiger partial charge in [0.15, 0.2) is 0 Å². The summed E-state index contributed by atoms with van der Waals surface area (Å²) in [5.41, 5.74) is 7.03. The van der Waals surface area contributed by atoms with E-state index in [4.69, 9.17) is 5.73 Å². The Labute approximate surface area is 96.3 Å². The molecule has 0 aliphatic rings. The van der Waals surface area contributed by atoms with Gasteiger partial charge in [0.2, 0.25) is 0 Å². The molecule has 0 saturated heterocycles. The Morgan fingerprint density at radius 1 is 1.47 bits per heavy atom. The predicted octanol–water partition coefficient (Wildman–Crippen LogP) is 1.63. The van der Waals surface area contributed by atoms with Crippen LogP contribution in [0.1, 0.15) is 17.4 Å². The Morgan fingerprint density at radius 3 is 2.87 bits per heavy atom. The minimum absolute atomic E-state index is 0.241. The van der Waals surface area contributed by atoms with Crippen LogP contribution < -0.4 is 5.73 Å². The molecule has 1 unspecified atom stereocenters. The molecule has 2 N–H and O–H groups in total. The lowest BCUT2D eigenvalue weighted by molar-refractivity contribution is 0.714. The third-order valence-electron chi connectivity index (χ3n) is 2.22. The van der Waals surface area contributed by atoms with E-state index in [1.54, 1.807) is 18.6 Å². The van der Waals surface area contributed by atoms with Crippen molar-refractivity contribution in [1.29, 1.82) is 0 Å². The summed E-state index contributed by atoms with van der Waals surface area (Å²) in [6.07, 6.45) is 7.10. The molecule has 0 aliphatic heterocycles. The number of imidazole rings is 1. The van der Waals surface area contributed by atoms with Crippen LogP contribution in [0.4, 0.5) is 0 Å². The van der Waals surface area contributed by atoms with Crippen molar-refractivity contribution in [1.82, 2.24) is 14.5 Å². The van der Waals surface area contributed by atoms with Gasteiger partial charge in [-0.25, -0.2) is 4.98 Å². The molecule has 0 aromatic carbocycles. The molecular formula is C10H11BrN4. The Kier molecular flexibility index (Phi) is 2.83. The zero-order valence-electron chi connectivity index (χ0n) is 8.26. The first-order valence-corrected chi connectivity index (χ1v) is 5.31. The molecule has 4 nitrogen and oxygen atoms in total. The molecule has 0 spiro atoms. The number of hydrogen-bond donors (Lipinski definition) is 1. The average molecular weight is 267 g/mol. The molecule has 2 aromatic heterocycles. The Balaban J connectivity index is 2.36. The highest BCUT2D eigenvalue weighted by atomic mass is 79.9. The van der Waals surface area contributed by atoms with Gasteiger partial charge < -0.3 is 10.3 Å². The molecule has 0 fully saturated rings. The van der Waals surface area contributed by atoms with Crippen molar-refractivity contribution < 1.29 is 0 Å². The number of aryl methyl sites for hydroxylation is 1. The van der Waals surface area contributed by atoms with Gasteiger partial charge in [-0.3, -0.25) is 4.98 Å². The lowest BCUT2D eigenvalue weighted by Crippen LogP contribution is -2.16. The molecule has 15 heavy (non-hydrogen) atoms. The van der Waals surface area contributed by atoms with Gasteiger partial charge in [-0.15, -0.1) is 0 Å². The molecule has 0 bridgehead atoms. The third-order valence-corrected chi connectivity index (χ3v) is 2.66. The summed E-state index contributed by atoms with van der Waals surface area (Å²) >= 11 is 3.37. The van der Waals surface area contributed by atoms with Gasteiger partial charge in [0.25, 0.3) is 0 Å². The van der Waals surface area contributed by atoms with Crippen LogP contribution in [0.5, 0.6) is 0 Å². The molecule has 2 rings (SSSR count). The van der Waals surface area contributed by atoms with Gasteiger partial charge in [0.05, 0.1) is 6.04 Å². The van der Waals surface area contributed by atoms with Crippen molar-refractivity contribution in [3.63, 3.8) is 0 Å². The van der Waals surface area contributed by atoms with Crippen molar-refractivity contribution in [3.05, 3.63) is 46.7 Å². The summed E-state index contributed by atoms with van der Waals surface area (Å²) in [5, 5.41) is 0. The Hall–Kier alpha value is -1.20. The van der Waals surface area contributed by atoms with Gasteiger partial charge in [0, 0.05) is 36.3 Å². The fourth-order valence-electron chi connectivity index (χ4n) is 1.42. The third kappa shape index (κ3) is 2.08. The highest BCUT2D eigenvalue weighted by Crippen LogP contribution is 2.19. The fourth-order valence-corrected chi connectivity index (χ4v) is 1.81. The van der Waals surface area contributed by atoms with E-state index in [1.165, 1.54) is 0 Å². The second-order valence-corrected chi connectivity index (χ2v) is 4.23. The zero-order chi connectivity index (χ0) is 10.8. The number of pyridine rings is 1. The standard InChI is InChI=1S/C10H11BrN4/c1-15-3-2-14-10(15)9(12)7-4-8(11)6-13-5-7/h2-6,9H,12H2,1H3. The minimum atomic E-state index is -0.241. The quantitative estimate of drug-likeness (QED) is 0.899. The Bertz CT molecular complexity index is 466. The summed E-state index contributed by atoms with van der Waals surface area (Å²) in [7, 11) is 1.92. The van der Waals surface area contributed by atoms with Crippen LogP contribution in [0.25, 0.3) is 0 Å². The summed E-state index contributed by atoms with van der Waals surface area (Å²) in [4.78, 5) is 8.30. The van der Waals surface area contributed by atoms with Crippen molar-refractivity contribution in [2.75, 3.05) is 0 Å². The molecule has 0 radical (unpaired) electrons. The summed E-state index contributed by atoms with van der Waals surface area (Å²) in [6.45, 7) is 0. The first-order chi connectivity index (χ1) is 7.18. The van der Waals surface area contributed by atoms with E-state index in [0.29, 0.717) is 0 Å². The van der Waals surface area contributed by atoms with Gasteiger partial charge >= 0.3 is 0 Å². The molecule has 1 atom stereocenters. The summed E-state index contributed by atoms with van der Waals surface area (Å²) in [6, 6.07) is 1.71. The molecule has 0 amide bonds. The first-order valence-electron chi connectivity index (χ1n) is 4.51. The number of aromatic nitrogens is 3. The van der Waals surface area contributed by atoms with Crippen LogP contribution >= 0.6 is 15.9 Å². The van der Waals surface area contributed by atoms with Crippen molar-refractivity contribution in [2.45, 2.75) is 6.04 Å². The zero-order valence-corrected chi connectivity index (χ0v) is 9.85. The number of nitrogens with zero attached hydrogens (tertiary/aromatic N) is 3. The van der Waals surface area contributed by atoms with Gasteiger partial charge in [-0.2, -0.15) is 0 Å². The maximum Gasteiger partial charge on any atom is 0.130 e. The van der Waals surface area contributed by atoms with Crippen LogP contribution in [0.15, 0.2) is 35.3 Å². The number of hydrogen-bond acceptors (Lipinski definition) is 3. The molecular weight excluding hydrogens is 256 g/mol. The van der Waals surface area contributed by atoms with Crippen LogP contribution in [0.3, 0.4) is 0 Å². The van der Waals surface area contributed by atoms with Crippen molar-refractivity contribution in [2.24, 2.45) is 12.8 Å². The lowest BCUT2D eigenvalue weighted by Gasteiger charge is -2.11. The minimum Gasteiger partial charge on any atom is -0.336 e. The smallest absolute Gasteiger partial charge is 0.130 e. The number of rotatable bonds is 2. The molecule has 2 aromatic rings. The van der Waals surface area contributed by atoms with Crippen LogP contribution in [0, 0.1) is 0 Å². The molecule has 5 heteroatoms. The maximum absolute atomic E-state index is 6.09. The van der Waals surface area contributed by atoms with Crippen LogP contribution in [-0.2, 0) is 7.05 Å². The van der Waals surface area contributed by atoms with Gasteiger partial charge in [0.1, 0.15) is 5.82 Å². The van der Waals surface area contributed by atoms with E-state index in [-0.39, 0.29) is 6.04 Å². The molecule has 78 valence electrons. The highest BCUT2D eigenvalue weighted by Gasteiger charge is 2.13. The second kappa shape index (κ2) is 4.12. The first kappa shape index (κ1) is 10.3. The Morgan fingerprint density at radius 2 is 2.27 bits per heavy atom. The SMILES string of the molecule is Cn1ccnc1C(N)c1cncc(Br)c1. The number of halogens is 1. The lowest BCUT2D eigenvalue weighted by atomic mass is 10.1. The van der Waals surface area contributed by atoms with Crippen molar-refractivity contribution >= 4 is 15.9 Å². The topological polar surface area (TPSA) is 56.7 Å². The number of nitrogens with two attached hydrogens (primary N) is 1. The summed E-state index contributed by atoms with van der Waals surface area (Å²) in [5.74, 6) is 0.829. The maximum atomic E-state index is 6.09. The van der Waals surface area contributed by atoms with E-state index in [9.17, 15) is 0 Å². The van der Waals surface area contributed by atoms with Gasteiger partial charge in [-0.05, 0) is 27.6 Å². The van der Waals surface area contributed by atoms with Crippen molar-refractivity contribution in [3.8, 4) is 0 Å².